The standard InChI is InChI=1S/C15H12BNO3/c1-18-16-14-7-6-13(8-12(14)10-19-16)20-15-5-3-2-4-11(15)9-17/h2-8H,10H2,1H3. The summed E-state index contributed by atoms with van der Waals surface area (Å²) < 4.78 is 16.5. The Morgan fingerprint density at radius 1 is 1.25 bits per heavy atom. The SMILES string of the molecule is COB1OCc2cc(Oc3ccccc3C#N)ccc21. The fourth-order valence-electron chi connectivity index (χ4n) is 2.23. The van der Waals surface area contributed by atoms with E-state index in [1.807, 2.05) is 30.3 Å². The molecule has 1 aliphatic rings. The molecule has 1 heterocycles. The molecule has 98 valence electrons. The van der Waals surface area contributed by atoms with E-state index in [1.165, 1.54) is 0 Å². The zero-order chi connectivity index (χ0) is 13.9. The van der Waals surface area contributed by atoms with E-state index in [-0.39, 0.29) is 7.12 Å². The molecule has 4 nitrogen and oxygen atoms in total. The molecule has 3 rings (SSSR count). The van der Waals surface area contributed by atoms with E-state index in [0.29, 0.717) is 23.7 Å². The lowest BCUT2D eigenvalue weighted by Crippen LogP contribution is -2.30. The van der Waals surface area contributed by atoms with Gasteiger partial charge in [-0.1, -0.05) is 18.2 Å². The summed E-state index contributed by atoms with van der Waals surface area (Å²) in [6.45, 7) is 0.505. The van der Waals surface area contributed by atoms with Crippen molar-refractivity contribution in [2.24, 2.45) is 0 Å². The van der Waals surface area contributed by atoms with Crippen molar-refractivity contribution >= 4 is 12.6 Å². The normalized spacial score (nSPS) is 12.9. The van der Waals surface area contributed by atoms with Gasteiger partial charge in [-0.3, -0.25) is 0 Å². The molecule has 0 amide bonds. The molecule has 20 heavy (non-hydrogen) atoms. The fraction of sp³-hybridized carbons (Fsp3) is 0.133. The first-order valence-corrected chi connectivity index (χ1v) is 6.26. The van der Waals surface area contributed by atoms with Gasteiger partial charge in [-0.05, 0) is 35.3 Å². The topological polar surface area (TPSA) is 51.5 Å². The van der Waals surface area contributed by atoms with E-state index < -0.39 is 0 Å². The number of hydrogen-bond acceptors (Lipinski definition) is 4. The summed E-state index contributed by atoms with van der Waals surface area (Å²) in [6.07, 6.45) is 0. The third-order valence-electron chi connectivity index (χ3n) is 3.21. The minimum atomic E-state index is -0.301. The molecule has 0 saturated carbocycles. The van der Waals surface area contributed by atoms with Crippen molar-refractivity contribution in [3.8, 4) is 17.6 Å². The fourth-order valence-corrected chi connectivity index (χ4v) is 2.23. The second kappa shape index (κ2) is 5.37. The number of benzene rings is 2. The van der Waals surface area contributed by atoms with Crippen LogP contribution in [-0.2, 0) is 15.9 Å². The maximum Gasteiger partial charge on any atom is 0.494 e. The number of hydrogen-bond donors (Lipinski definition) is 0. The van der Waals surface area contributed by atoms with Crippen LogP contribution in [0.25, 0.3) is 0 Å². The van der Waals surface area contributed by atoms with Crippen molar-refractivity contribution < 1.29 is 14.0 Å². The third-order valence-corrected chi connectivity index (χ3v) is 3.21. The monoisotopic (exact) mass is 265 g/mol. The molecule has 0 fully saturated rings. The minimum absolute atomic E-state index is 0.301. The van der Waals surface area contributed by atoms with Crippen molar-refractivity contribution in [1.82, 2.24) is 0 Å². The zero-order valence-electron chi connectivity index (χ0n) is 11.0. The first-order valence-electron chi connectivity index (χ1n) is 6.26. The number of fused-ring (bicyclic) bond motifs is 1. The highest BCUT2D eigenvalue weighted by Gasteiger charge is 2.29. The van der Waals surface area contributed by atoms with Crippen molar-refractivity contribution in [2.75, 3.05) is 7.11 Å². The van der Waals surface area contributed by atoms with Gasteiger partial charge in [-0.25, -0.2) is 0 Å². The summed E-state index contributed by atoms with van der Waals surface area (Å²) in [7, 11) is 1.32. The molecule has 2 aromatic carbocycles. The third kappa shape index (κ3) is 2.27. The maximum atomic E-state index is 9.05. The Balaban J connectivity index is 1.88. The van der Waals surface area contributed by atoms with Crippen LogP contribution < -0.4 is 10.2 Å². The van der Waals surface area contributed by atoms with Crippen LogP contribution in [0.1, 0.15) is 11.1 Å². The lowest BCUT2D eigenvalue weighted by atomic mass is 9.79. The molecule has 2 aromatic rings. The van der Waals surface area contributed by atoms with E-state index in [2.05, 4.69) is 6.07 Å². The number of nitriles is 1. The van der Waals surface area contributed by atoms with E-state index in [4.69, 9.17) is 19.3 Å². The molecule has 0 radical (unpaired) electrons. The molecule has 0 unspecified atom stereocenters. The Kier molecular flexibility index (Phi) is 3.42. The highest BCUT2D eigenvalue weighted by atomic mass is 16.6. The Morgan fingerprint density at radius 2 is 2.10 bits per heavy atom. The number of nitrogens with zero attached hydrogens (tertiary/aromatic N) is 1. The smallest absolute Gasteiger partial charge is 0.456 e. The average molecular weight is 265 g/mol. The van der Waals surface area contributed by atoms with E-state index in [9.17, 15) is 0 Å². The van der Waals surface area contributed by atoms with Gasteiger partial charge in [0.2, 0.25) is 0 Å². The molecule has 1 aliphatic heterocycles. The predicted octanol–water partition coefficient (Wildman–Crippen LogP) is 2.22. The highest BCUT2D eigenvalue weighted by Crippen LogP contribution is 2.26. The van der Waals surface area contributed by atoms with Crippen LogP contribution in [0.4, 0.5) is 0 Å². The molecule has 5 heteroatoms. The summed E-state index contributed by atoms with van der Waals surface area (Å²) in [5.74, 6) is 1.24. The zero-order valence-corrected chi connectivity index (χ0v) is 11.0. The lowest BCUT2D eigenvalue weighted by molar-refractivity contribution is 0.245. The second-order valence-corrected chi connectivity index (χ2v) is 4.45. The van der Waals surface area contributed by atoms with Crippen LogP contribution in [0.2, 0.25) is 0 Å². The first-order chi connectivity index (χ1) is 9.81. The molecule has 0 aromatic heterocycles. The van der Waals surface area contributed by atoms with Gasteiger partial charge in [0.05, 0.1) is 12.2 Å². The molecule has 0 spiro atoms. The van der Waals surface area contributed by atoms with Crippen LogP contribution in [0, 0.1) is 11.3 Å². The maximum absolute atomic E-state index is 9.05. The van der Waals surface area contributed by atoms with Gasteiger partial charge in [-0.15, -0.1) is 0 Å². The number of ether oxygens (including phenoxy) is 1. The van der Waals surface area contributed by atoms with Crippen molar-refractivity contribution in [2.45, 2.75) is 6.61 Å². The summed E-state index contributed by atoms with van der Waals surface area (Å²) in [5.41, 5.74) is 2.58. The minimum Gasteiger partial charge on any atom is -0.456 e. The van der Waals surface area contributed by atoms with Gasteiger partial charge in [0.15, 0.2) is 0 Å². The molecule has 0 atom stereocenters. The van der Waals surface area contributed by atoms with Gasteiger partial charge < -0.3 is 14.0 Å². The van der Waals surface area contributed by atoms with Crippen molar-refractivity contribution in [3.63, 3.8) is 0 Å². The quantitative estimate of drug-likeness (QED) is 0.798. The summed E-state index contributed by atoms with van der Waals surface area (Å²) in [4.78, 5) is 0. The largest absolute Gasteiger partial charge is 0.494 e. The summed E-state index contributed by atoms with van der Waals surface area (Å²) in [6, 6.07) is 15.0. The van der Waals surface area contributed by atoms with Gasteiger partial charge in [-0.2, -0.15) is 5.26 Å². The molecular formula is C15H12BNO3. The Morgan fingerprint density at radius 3 is 2.90 bits per heavy atom. The lowest BCUT2D eigenvalue weighted by Gasteiger charge is -2.08. The van der Waals surface area contributed by atoms with Crippen molar-refractivity contribution in [1.29, 1.82) is 5.26 Å². The van der Waals surface area contributed by atoms with Crippen LogP contribution in [0.3, 0.4) is 0 Å². The Bertz CT molecular complexity index is 681. The molecule has 0 aliphatic carbocycles. The summed E-state index contributed by atoms with van der Waals surface area (Å²) in [5, 5.41) is 9.05. The van der Waals surface area contributed by atoms with Gasteiger partial charge in [0.1, 0.15) is 17.6 Å². The van der Waals surface area contributed by atoms with Crippen molar-refractivity contribution in [3.05, 3.63) is 53.6 Å². The van der Waals surface area contributed by atoms with Gasteiger partial charge in [0, 0.05) is 7.11 Å². The number of rotatable bonds is 3. The second-order valence-electron chi connectivity index (χ2n) is 4.45. The Labute approximate surface area is 117 Å². The van der Waals surface area contributed by atoms with E-state index >= 15 is 0 Å². The highest BCUT2D eigenvalue weighted by molar-refractivity contribution is 6.62. The van der Waals surface area contributed by atoms with E-state index in [0.717, 1.165) is 11.0 Å². The first kappa shape index (κ1) is 12.7. The van der Waals surface area contributed by atoms with Crippen LogP contribution in [0.15, 0.2) is 42.5 Å². The number of para-hydroxylation sites is 1. The van der Waals surface area contributed by atoms with E-state index in [1.54, 1.807) is 19.2 Å². The molecule has 0 bridgehead atoms. The molecule has 0 saturated heterocycles. The predicted molar refractivity (Wildman–Crippen MR) is 74.9 cm³/mol. The summed E-state index contributed by atoms with van der Waals surface area (Å²) >= 11 is 0. The Hall–Kier alpha value is -2.29. The molecule has 0 N–H and O–H groups in total. The average Bonchev–Trinajstić information content (AvgIpc) is 2.90. The molecular weight excluding hydrogens is 253 g/mol. The van der Waals surface area contributed by atoms with Gasteiger partial charge in [0.25, 0.3) is 0 Å². The van der Waals surface area contributed by atoms with Crippen LogP contribution in [0.5, 0.6) is 11.5 Å². The van der Waals surface area contributed by atoms with Gasteiger partial charge >= 0.3 is 7.12 Å². The van der Waals surface area contributed by atoms with Crippen LogP contribution >= 0.6 is 0 Å². The van der Waals surface area contributed by atoms with Crippen LogP contribution in [-0.4, -0.2) is 14.2 Å².